The molecule has 1 aromatic rings. The first-order chi connectivity index (χ1) is 7.27. The average molecular weight is 204 g/mol. The molecule has 0 radical (unpaired) electrons. The van der Waals surface area contributed by atoms with Gasteiger partial charge in [-0.05, 0) is 18.4 Å². The van der Waals surface area contributed by atoms with E-state index in [2.05, 4.69) is 17.4 Å². The predicted molar refractivity (Wildman–Crippen MR) is 59.2 cm³/mol. The summed E-state index contributed by atoms with van der Waals surface area (Å²) in [4.78, 5) is 11.4. The van der Waals surface area contributed by atoms with Crippen LogP contribution >= 0.6 is 0 Å². The van der Waals surface area contributed by atoms with E-state index >= 15 is 0 Å². The second-order valence-electron chi connectivity index (χ2n) is 4.03. The Morgan fingerprint density at radius 1 is 1.40 bits per heavy atom. The molecule has 2 rings (SSSR count). The van der Waals surface area contributed by atoms with Gasteiger partial charge >= 0.3 is 0 Å². The van der Waals surface area contributed by atoms with Gasteiger partial charge in [0.2, 0.25) is 5.91 Å². The molecule has 0 heterocycles. The second kappa shape index (κ2) is 4.45. The largest absolute Gasteiger partial charge is 0.355 e. The summed E-state index contributed by atoms with van der Waals surface area (Å²) in [5, 5.41) is 2.90. The lowest BCUT2D eigenvalue weighted by Gasteiger charge is -2.04. The summed E-state index contributed by atoms with van der Waals surface area (Å²) >= 11 is 0. The Morgan fingerprint density at radius 2 is 2.07 bits per heavy atom. The number of amides is 1. The number of hydrogen-bond donors (Lipinski definition) is 2. The van der Waals surface area contributed by atoms with Crippen molar-refractivity contribution in [3.63, 3.8) is 0 Å². The molecule has 2 unspecified atom stereocenters. The highest BCUT2D eigenvalue weighted by atomic mass is 16.2. The van der Waals surface area contributed by atoms with Crippen molar-refractivity contribution in [1.29, 1.82) is 0 Å². The lowest BCUT2D eigenvalue weighted by Crippen LogP contribution is -2.29. The molecule has 3 N–H and O–H groups in total. The Balaban J connectivity index is 1.69. The van der Waals surface area contributed by atoms with Crippen LogP contribution in [0.3, 0.4) is 0 Å². The van der Waals surface area contributed by atoms with E-state index in [1.165, 1.54) is 5.56 Å². The Hall–Kier alpha value is -1.35. The van der Waals surface area contributed by atoms with Crippen molar-refractivity contribution in [2.75, 3.05) is 6.54 Å². The topological polar surface area (TPSA) is 55.1 Å². The van der Waals surface area contributed by atoms with Gasteiger partial charge in [-0.2, -0.15) is 0 Å². The molecule has 0 aliphatic heterocycles. The summed E-state index contributed by atoms with van der Waals surface area (Å²) in [5.74, 6) is 0.180. The Morgan fingerprint density at radius 3 is 2.67 bits per heavy atom. The van der Waals surface area contributed by atoms with Crippen molar-refractivity contribution in [3.05, 3.63) is 35.9 Å². The quantitative estimate of drug-likeness (QED) is 0.758. The van der Waals surface area contributed by atoms with Crippen molar-refractivity contribution in [3.8, 4) is 0 Å². The van der Waals surface area contributed by atoms with Crippen LogP contribution in [-0.2, 0) is 11.2 Å². The molecule has 0 spiro atoms. The fourth-order valence-corrected chi connectivity index (χ4v) is 1.62. The van der Waals surface area contributed by atoms with Gasteiger partial charge in [0.25, 0.3) is 0 Å². The Kier molecular flexibility index (Phi) is 3.02. The van der Waals surface area contributed by atoms with E-state index in [-0.39, 0.29) is 17.9 Å². The highest BCUT2D eigenvalue weighted by molar-refractivity contribution is 5.82. The summed E-state index contributed by atoms with van der Waals surface area (Å²) in [7, 11) is 0. The number of benzene rings is 1. The van der Waals surface area contributed by atoms with Gasteiger partial charge in [-0.3, -0.25) is 4.79 Å². The van der Waals surface area contributed by atoms with Crippen LogP contribution in [0.2, 0.25) is 0 Å². The van der Waals surface area contributed by atoms with Gasteiger partial charge < -0.3 is 11.1 Å². The minimum Gasteiger partial charge on any atom is -0.355 e. The number of hydrogen-bond acceptors (Lipinski definition) is 2. The zero-order valence-electron chi connectivity index (χ0n) is 8.65. The second-order valence-corrected chi connectivity index (χ2v) is 4.03. The maximum Gasteiger partial charge on any atom is 0.224 e. The Bertz CT molecular complexity index is 337. The van der Waals surface area contributed by atoms with Crippen molar-refractivity contribution < 1.29 is 4.79 Å². The Labute approximate surface area is 89.7 Å². The lowest BCUT2D eigenvalue weighted by atomic mass is 10.1. The monoisotopic (exact) mass is 204 g/mol. The highest BCUT2D eigenvalue weighted by Crippen LogP contribution is 2.27. The number of nitrogens with one attached hydrogen (secondary N) is 1. The van der Waals surface area contributed by atoms with Gasteiger partial charge in [0, 0.05) is 12.6 Å². The molecule has 3 nitrogen and oxygen atoms in total. The summed E-state index contributed by atoms with van der Waals surface area (Å²) in [6.45, 7) is 0.700. The van der Waals surface area contributed by atoms with Crippen molar-refractivity contribution >= 4 is 5.91 Å². The third-order valence-corrected chi connectivity index (χ3v) is 2.73. The van der Waals surface area contributed by atoms with Crippen molar-refractivity contribution in [2.45, 2.75) is 18.9 Å². The van der Waals surface area contributed by atoms with E-state index in [1.54, 1.807) is 0 Å². The normalized spacial score (nSPS) is 23.5. The van der Waals surface area contributed by atoms with Crippen LogP contribution < -0.4 is 11.1 Å². The molecule has 0 aromatic heterocycles. The third-order valence-electron chi connectivity index (χ3n) is 2.73. The third kappa shape index (κ3) is 2.80. The van der Waals surface area contributed by atoms with Gasteiger partial charge in [-0.25, -0.2) is 0 Å². The number of carbonyl (C=O) groups excluding carboxylic acids is 1. The summed E-state index contributed by atoms with van der Waals surface area (Å²) in [5.41, 5.74) is 6.84. The number of carbonyl (C=O) groups is 1. The smallest absolute Gasteiger partial charge is 0.224 e. The van der Waals surface area contributed by atoms with Gasteiger partial charge in [0.1, 0.15) is 0 Å². The zero-order chi connectivity index (χ0) is 10.7. The first-order valence-corrected chi connectivity index (χ1v) is 5.34. The molecule has 0 bridgehead atoms. The molecular weight excluding hydrogens is 188 g/mol. The van der Waals surface area contributed by atoms with E-state index in [4.69, 9.17) is 5.73 Å². The van der Waals surface area contributed by atoms with Crippen LogP contribution in [0.5, 0.6) is 0 Å². The molecule has 0 saturated heterocycles. The molecule has 15 heavy (non-hydrogen) atoms. The van der Waals surface area contributed by atoms with E-state index < -0.39 is 0 Å². The summed E-state index contributed by atoms with van der Waals surface area (Å²) < 4.78 is 0. The van der Waals surface area contributed by atoms with Crippen LogP contribution in [0.4, 0.5) is 0 Å². The molecule has 1 amide bonds. The molecule has 3 heteroatoms. The van der Waals surface area contributed by atoms with E-state index in [9.17, 15) is 4.79 Å². The lowest BCUT2D eigenvalue weighted by molar-refractivity contribution is -0.122. The minimum absolute atomic E-state index is 0.0702. The fraction of sp³-hybridized carbons (Fsp3) is 0.417. The van der Waals surface area contributed by atoms with Crippen LogP contribution in [0.25, 0.3) is 0 Å². The standard InChI is InChI=1S/C12H16N2O/c13-11-8-10(11)12(15)14-7-6-9-4-2-1-3-5-9/h1-5,10-11H,6-8,13H2,(H,14,15). The molecule has 1 aromatic carbocycles. The minimum atomic E-state index is 0.0702. The van der Waals surface area contributed by atoms with Crippen LogP contribution in [-0.4, -0.2) is 18.5 Å². The maximum absolute atomic E-state index is 11.4. The molecular formula is C12H16N2O. The highest BCUT2D eigenvalue weighted by Gasteiger charge is 2.39. The average Bonchev–Trinajstić information content (AvgIpc) is 2.97. The first-order valence-electron chi connectivity index (χ1n) is 5.34. The van der Waals surface area contributed by atoms with Crippen LogP contribution in [0, 0.1) is 5.92 Å². The van der Waals surface area contributed by atoms with E-state index in [0.29, 0.717) is 6.54 Å². The molecule has 1 fully saturated rings. The number of rotatable bonds is 4. The van der Waals surface area contributed by atoms with Crippen molar-refractivity contribution in [1.82, 2.24) is 5.32 Å². The van der Waals surface area contributed by atoms with Gasteiger partial charge in [-0.15, -0.1) is 0 Å². The SMILES string of the molecule is NC1CC1C(=O)NCCc1ccccc1. The molecule has 1 aliphatic carbocycles. The summed E-state index contributed by atoms with van der Waals surface area (Å²) in [6, 6.07) is 10.2. The fourth-order valence-electron chi connectivity index (χ4n) is 1.62. The van der Waals surface area contributed by atoms with Crippen LogP contribution in [0.15, 0.2) is 30.3 Å². The van der Waals surface area contributed by atoms with Crippen molar-refractivity contribution in [2.24, 2.45) is 11.7 Å². The summed E-state index contributed by atoms with van der Waals surface area (Å²) in [6.07, 6.45) is 1.73. The van der Waals surface area contributed by atoms with Gasteiger partial charge in [0.05, 0.1) is 5.92 Å². The van der Waals surface area contributed by atoms with E-state index in [0.717, 1.165) is 12.8 Å². The van der Waals surface area contributed by atoms with Gasteiger partial charge in [0.15, 0.2) is 0 Å². The first kappa shape index (κ1) is 10.2. The molecule has 2 atom stereocenters. The molecule has 1 aliphatic rings. The van der Waals surface area contributed by atoms with Crippen LogP contribution in [0.1, 0.15) is 12.0 Å². The maximum atomic E-state index is 11.4. The van der Waals surface area contributed by atoms with Gasteiger partial charge in [-0.1, -0.05) is 30.3 Å². The molecule has 80 valence electrons. The zero-order valence-corrected chi connectivity index (χ0v) is 8.65. The molecule has 1 saturated carbocycles. The number of nitrogens with two attached hydrogens (primary N) is 1. The van der Waals surface area contributed by atoms with E-state index in [1.807, 2.05) is 18.2 Å². The predicted octanol–water partition coefficient (Wildman–Crippen LogP) is 0.692.